The Labute approximate surface area is 533 Å². The van der Waals surface area contributed by atoms with Crippen molar-refractivity contribution in [2.75, 3.05) is 6.61 Å². The van der Waals surface area contributed by atoms with Crippen molar-refractivity contribution in [2.24, 2.45) is 11.8 Å². The molecule has 6 aliphatic rings. The van der Waals surface area contributed by atoms with Gasteiger partial charge in [0.2, 0.25) is 0 Å². The summed E-state index contributed by atoms with van der Waals surface area (Å²) in [5, 5.41) is 91.6. The van der Waals surface area contributed by atoms with Crippen molar-refractivity contribution in [2.45, 2.75) is 318 Å². The summed E-state index contributed by atoms with van der Waals surface area (Å²) in [7, 11) is 0. The Morgan fingerprint density at radius 2 is 1.12 bits per heavy atom. The molecule has 1 aromatic rings. The molecule has 0 aliphatic carbocycles. The predicted octanol–water partition coefficient (Wildman–Crippen LogP) is 3.69. The SMILES string of the molecule is CCCCC[C@H]1CCCCCCCCCC(=O)O[C@H]2[C@@H](O)[C@H](O[C@H]3[C@H](O1)O[C@H](CO)[C@@H](O)[C@@H]3O)O[C@@H](C)[C@@H]2O[C@@H]1O[C@@H](C)[C@H](O[C@@H]2O[C@@H](C)[C@H](OC(=O)[C@@H](C)CC)[C@@H](OC(=O)/C=C/c3ccccc3)[C@H]2O)[C@@H](O[C@@H]2O[C@@H](C)[C@H](O)[C@@H](O)[C@H]2O)[C@H]1OC(=O)[C@@H](C)CC. The Kier molecular flexibility index (Phi) is 29.3. The standard InChI is InChI=1S/C65H102O26/c1-10-13-20-27-40-28-23-17-15-14-16-18-24-29-42(67)84-55-50(75)63(90-56-47(72)45(70)41(32-66)83-64(56)82-40)80-37(8)52(55)89-65-58(87-60(77)34(5)12-3)57(91-61-48(73)46(71)44(69)35(6)78-61)53(38(9)81-65)88-62-49(74)54(51(36(7)79-62)86-59(76)33(4)11-2)85-43(68)31-30-39-25-21-19-22-26-39/h19,21-22,25-26,30-31,33-38,40-41,44-58,61-66,69-75H,10-18,20,23-24,27-29,32H2,1-9H3/b31-30+/t33-,34-,35-,36-,37-,38-,40-,41+,44-,45+,46+,47-,48+,49+,50+,51-,52-,53-,54-,55-,56+,57+,58+,61-,62-,63-,64+,65-/m0/s1. The van der Waals surface area contributed by atoms with Gasteiger partial charge in [-0.2, -0.15) is 0 Å². The molecular formula is C65H102O26. The average Bonchev–Trinajstić information content (AvgIpc) is 0.809. The van der Waals surface area contributed by atoms with E-state index in [0.29, 0.717) is 37.7 Å². The molecule has 0 aromatic heterocycles. The van der Waals surface area contributed by atoms with Gasteiger partial charge in [0.05, 0.1) is 49.0 Å². The maximum atomic E-state index is 14.3. The Hall–Kier alpha value is -3.88. The van der Waals surface area contributed by atoms with E-state index in [0.717, 1.165) is 57.4 Å². The molecule has 518 valence electrons. The molecule has 91 heavy (non-hydrogen) atoms. The summed E-state index contributed by atoms with van der Waals surface area (Å²) in [4.78, 5) is 55.4. The van der Waals surface area contributed by atoms with Crippen LogP contribution in [0.2, 0.25) is 0 Å². The molecule has 0 spiro atoms. The molecule has 7 rings (SSSR count). The minimum Gasteiger partial charge on any atom is -0.456 e. The molecule has 26 nitrogen and oxygen atoms in total. The molecule has 6 aliphatic heterocycles. The van der Waals surface area contributed by atoms with Crippen LogP contribution in [0.25, 0.3) is 6.08 Å². The van der Waals surface area contributed by atoms with Gasteiger partial charge >= 0.3 is 23.9 Å². The summed E-state index contributed by atoms with van der Waals surface area (Å²) in [6.45, 7) is 14.1. The number of benzene rings is 1. The summed E-state index contributed by atoms with van der Waals surface area (Å²) < 4.78 is 88.7. The number of fused-ring (bicyclic) bond motifs is 3. The lowest BCUT2D eigenvalue weighted by atomic mass is 9.95. The largest absolute Gasteiger partial charge is 0.456 e. The van der Waals surface area contributed by atoms with Crippen molar-refractivity contribution in [1.29, 1.82) is 0 Å². The van der Waals surface area contributed by atoms with Crippen LogP contribution in [0.5, 0.6) is 0 Å². The first-order valence-corrected chi connectivity index (χ1v) is 33.0. The highest BCUT2D eigenvalue weighted by Gasteiger charge is 2.59. The third kappa shape index (κ3) is 19.6. The van der Waals surface area contributed by atoms with E-state index in [1.165, 1.54) is 33.8 Å². The molecule has 6 saturated heterocycles. The number of carbonyl (C=O) groups is 4. The van der Waals surface area contributed by atoms with Gasteiger partial charge < -0.3 is 107 Å². The van der Waals surface area contributed by atoms with Crippen LogP contribution in [0.15, 0.2) is 36.4 Å². The van der Waals surface area contributed by atoms with E-state index in [4.69, 9.17) is 66.3 Å². The Balaban J connectivity index is 1.25. The van der Waals surface area contributed by atoms with Crippen LogP contribution in [-0.2, 0) is 85.5 Å². The maximum absolute atomic E-state index is 14.3. The van der Waals surface area contributed by atoms with E-state index in [1.807, 2.05) is 0 Å². The molecule has 1 aromatic carbocycles. The quantitative estimate of drug-likeness (QED) is 0.0399. The van der Waals surface area contributed by atoms with E-state index in [2.05, 4.69) is 6.92 Å². The number of rotatable bonds is 20. The van der Waals surface area contributed by atoms with Gasteiger partial charge in [0.1, 0.15) is 73.2 Å². The molecule has 0 unspecified atom stereocenters. The van der Waals surface area contributed by atoms with Crippen LogP contribution in [0, 0.1) is 11.8 Å². The van der Waals surface area contributed by atoms with Crippen molar-refractivity contribution in [3.63, 3.8) is 0 Å². The predicted molar refractivity (Wildman–Crippen MR) is 319 cm³/mol. The number of ether oxygens (including phenoxy) is 14. The first-order chi connectivity index (χ1) is 43.5. The Morgan fingerprint density at radius 3 is 1.78 bits per heavy atom. The van der Waals surface area contributed by atoms with Crippen LogP contribution >= 0.6 is 0 Å². The lowest BCUT2D eigenvalue weighted by Gasteiger charge is -2.51. The molecule has 0 saturated carbocycles. The highest BCUT2D eigenvalue weighted by Crippen LogP contribution is 2.40. The minimum atomic E-state index is -1.96. The monoisotopic (exact) mass is 1300 g/mol. The third-order valence-corrected chi connectivity index (χ3v) is 18.2. The van der Waals surface area contributed by atoms with Gasteiger partial charge in [-0.15, -0.1) is 0 Å². The first kappa shape index (κ1) is 74.5. The molecule has 6 fully saturated rings. The molecule has 2 bridgehead atoms. The second-order valence-corrected chi connectivity index (χ2v) is 25.2. The summed E-state index contributed by atoms with van der Waals surface area (Å²) in [6.07, 6.45) is -28.0. The Bertz CT molecular complexity index is 2400. The number of esters is 4. The van der Waals surface area contributed by atoms with Crippen LogP contribution in [0.1, 0.15) is 164 Å². The fourth-order valence-corrected chi connectivity index (χ4v) is 12.0. The lowest BCUT2D eigenvalue weighted by molar-refractivity contribution is -0.400. The topological polar surface area (TPSA) is 359 Å². The van der Waals surface area contributed by atoms with Gasteiger partial charge in [0, 0.05) is 12.5 Å². The van der Waals surface area contributed by atoms with Gasteiger partial charge in [-0.3, -0.25) is 14.4 Å². The maximum Gasteiger partial charge on any atom is 0.331 e. The van der Waals surface area contributed by atoms with Gasteiger partial charge in [0.15, 0.2) is 55.9 Å². The molecule has 8 N–H and O–H groups in total. The summed E-state index contributed by atoms with van der Waals surface area (Å²) in [6, 6.07) is 8.84. The van der Waals surface area contributed by atoms with E-state index in [-0.39, 0.29) is 18.9 Å². The number of aliphatic hydroxyl groups excluding tert-OH is 8. The van der Waals surface area contributed by atoms with E-state index < -0.39 is 196 Å². The number of aliphatic hydroxyl groups is 8. The van der Waals surface area contributed by atoms with Gasteiger partial charge in [-0.1, -0.05) is 123 Å². The third-order valence-electron chi connectivity index (χ3n) is 18.2. The van der Waals surface area contributed by atoms with Crippen LogP contribution < -0.4 is 0 Å². The summed E-state index contributed by atoms with van der Waals surface area (Å²) in [5.74, 6) is -4.55. The van der Waals surface area contributed by atoms with Crippen molar-refractivity contribution < 1.29 is 126 Å². The number of hydrogen-bond donors (Lipinski definition) is 8. The zero-order valence-corrected chi connectivity index (χ0v) is 53.9. The highest BCUT2D eigenvalue weighted by molar-refractivity contribution is 5.87. The fourth-order valence-electron chi connectivity index (χ4n) is 12.0. The second-order valence-electron chi connectivity index (χ2n) is 25.2. The number of hydrogen-bond acceptors (Lipinski definition) is 26. The molecule has 28 atom stereocenters. The molecule has 0 radical (unpaired) electrons. The zero-order chi connectivity index (χ0) is 66.2. The van der Waals surface area contributed by atoms with E-state index >= 15 is 0 Å². The molecule has 0 amide bonds. The smallest absolute Gasteiger partial charge is 0.331 e. The van der Waals surface area contributed by atoms with Gasteiger partial charge in [-0.05, 0) is 71.4 Å². The number of unbranched alkanes of at least 4 members (excludes halogenated alkanes) is 2. The Morgan fingerprint density at radius 1 is 0.538 bits per heavy atom. The summed E-state index contributed by atoms with van der Waals surface area (Å²) in [5.41, 5.74) is 0.655. The van der Waals surface area contributed by atoms with Crippen molar-refractivity contribution >= 4 is 30.0 Å². The fraction of sp³-hybridized carbons (Fsp3) is 0.815. The normalized spacial score (nSPS) is 40.6. The zero-order valence-electron chi connectivity index (χ0n) is 53.9. The van der Waals surface area contributed by atoms with Crippen molar-refractivity contribution in [1.82, 2.24) is 0 Å². The van der Waals surface area contributed by atoms with E-state index in [1.54, 1.807) is 58.0 Å². The second kappa shape index (κ2) is 35.7. The van der Waals surface area contributed by atoms with Gasteiger partial charge in [-0.25, -0.2) is 4.79 Å². The lowest BCUT2D eigenvalue weighted by Crippen LogP contribution is -2.68. The molecular weight excluding hydrogens is 1200 g/mol. The van der Waals surface area contributed by atoms with Crippen LogP contribution in [-0.4, -0.2) is 231 Å². The van der Waals surface area contributed by atoms with Crippen molar-refractivity contribution in [3.8, 4) is 0 Å². The highest BCUT2D eigenvalue weighted by atomic mass is 16.8. The average molecular weight is 1300 g/mol. The van der Waals surface area contributed by atoms with E-state index in [9.17, 15) is 60.0 Å². The molecule has 6 heterocycles. The van der Waals surface area contributed by atoms with Crippen LogP contribution in [0.4, 0.5) is 0 Å². The van der Waals surface area contributed by atoms with Crippen LogP contribution in [0.3, 0.4) is 0 Å². The van der Waals surface area contributed by atoms with Gasteiger partial charge in [0.25, 0.3) is 0 Å². The minimum absolute atomic E-state index is 0.0705. The summed E-state index contributed by atoms with van der Waals surface area (Å²) >= 11 is 0. The molecule has 26 heteroatoms. The first-order valence-electron chi connectivity index (χ1n) is 33.0. The number of carbonyl (C=O) groups excluding carboxylic acids is 4. The van der Waals surface area contributed by atoms with Crippen molar-refractivity contribution in [3.05, 3.63) is 42.0 Å².